The van der Waals surface area contributed by atoms with Crippen molar-refractivity contribution in [2.45, 2.75) is 36.7 Å². The third-order valence-corrected chi connectivity index (χ3v) is 5.16. The summed E-state index contributed by atoms with van der Waals surface area (Å²) >= 11 is 5.81. The van der Waals surface area contributed by atoms with Crippen LogP contribution >= 0.6 is 24.0 Å². The van der Waals surface area contributed by atoms with Gasteiger partial charge in [0, 0.05) is 12.1 Å². The van der Waals surface area contributed by atoms with Crippen molar-refractivity contribution in [3.63, 3.8) is 0 Å². The van der Waals surface area contributed by atoms with Crippen molar-refractivity contribution in [2.24, 2.45) is 0 Å². The molecule has 1 fully saturated rings. The lowest BCUT2D eigenvalue weighted by Crippen LogP contribution is -2.46. The highest BCUT2D eigenvalue weighted by Gasteiger charge is 2.24. The molecule has 1 heterocycles. The highest BCUT2D eigenvalue weighted by atomic mass is 35.5. The number of hydrogen-bond acceptors (Lipinski definition) is 4. The lowest BCUT2D eigenvalue weighted by Gasteiger charge is -2.28. The Morgan fingerprint density at radius 1 is 1.48 bits per heavy atom. The predicted molar refractivity (Wildman–Crippen MR) is 84.2 cm³/mol. The van der Waals surface area contributed by atoms with Gasteiger partial charge in [0.15, 0.2) is 0 Å². The number of rotatable bonds is 3. The second-order valence-electron chi connectivity index (χ2n) is 4.95. The molecule has 0 radical (unpaired) electrons. The fourth-order valence-electron chi connectivity index (χ4n) is 2.28. The minimum Gasteiger partial charge on any atom is -0.314 e. The molecular weight excluding hydrogens is 333 g/mol. The van der Waals surface area contributed by atoms with Crippen LogP contribution in [-0.2, 0) is 10.0 Å². The second-order valence-corrected chi connectivity index (χ2v) is 7.07. The molecule has 21 heavy (non-hydrogen) atoms. The van der Waals surface area contributed by atoms with Crippen molar-refractivity contribution >= 4 is 34.0 Å². The molecule has 2 atom stereocenters. The molecule has 5 nitrogen and oxygen atoms in total. The summed E-state index contributed by atoms with van der Waals surface area (Å²) in [7, 11) is -3.62. The van der Waals surface area contributed by atoms with E-state index in [9.17, 15) is 8.42 Å². The molecule has 0 bridgehead atoms. The molecule has 0 amide bonds. The zero-order valence-corrected chi connectivity index (χ0v) is 13.9. The first-order chi connectivity index (χ1) is 9.42. The molecule has 0 spiro atoms. The minimum atomic E-state index is -3.62. The Hall–Kier alpha value is -0.840. The molecule has 8 heteroatoms. The van der Waals surface area contributed by atoms with Crippen molar-refractivity contribution in [1.29, 1.82) is 5.26 Å². The molecule has 1 aromatic rings. The Labute approximate surface area is 136 Å². The molecule has 0 aliphatic carbocycles. The van der Waals surface area contributed by atoms with Gasteiger partial charge in [0.1, 0.15) is 6.07 Å². The van der Waals surface area contributed by atoms with Crippen molar-refractivity contribution in [3.05, 3.63) is 28.8 Å². The maximum absolute atomic E-state index is 12.3. The molecule has 1 aliphatic heterocycles. The topological polar surface area (TPSA) is 82.0 Å². The number of hydrogen-bond donors (Lipinski definition) is 2. The Balaban J connectivity index is 0.00000220. The number of nitrogens with one attached hydrogen (secondary N) is 2. The monoisotopic (exact) mass is 349 g/mol. The maximum atomic E-state index is 12.3. The van der Waals surface area contributed by atoms with E-state index in [1.54, 1.807) is 0 Å². The molecule has 2 rings (SSSR count). The second kappa shape index (κ2) is 7.43. The lowest BCUT2D eigenvalue weighted by molar-refractivity contribution is 0.361. The van der Waals surface area contributed by atoms with E-state index in [0.29, 0.717) is 0 Å². The Morgan fingerprint density at radius 2 is 2.19 bits per heavy atom. The van der Waals surface area contributed by atoms with E-state index in [1.807, 2.05) is 13.0 Å². The minimum absolute atomic E-state index is 0. The average Bonchev–Trinajstić information content (AvgIpc) is 2.38. The van der Waals surface area contributed by atoms with Crippen LogP contribution in [0.3, 0.4) is 0 Å². The number of nitriles is 1. The number of nitrogens with zero attached hydrogens (tertiary/aromatic N) is 1. The van der Waals surface area contributed by atoms with Gasteiger partial charge in [-0.05, 0) is 44.5 Å². The van der Waals surface area contributed by atoms with E-state index >= 15 is 0 Å². The molecule has 2 N–H and O–H groups in total. The van der Waals surface area contributed by atoms with Crippen molar-refractivity contribution in [3.8, 4) is 6.07 Å². The summed E-state index contributed by atoms with van der Waals surface area (Å²) in [6.45, 7) is 2.81. The van der Waals surface area contributed by atoms with Gasteiger partial charge in [0.2, 0.25) is 10.0 Å². The van der Waals surface area contributed by atoms with Crippen LogP contribution in [0.5, 0.6) is 0 Å². The van der Waals surface area contributed by atoms with Crippen LogP contribution in [0.2, 0.25) is 5.02 Å². The van der Waals surface area contributed by atoms with E-state index in [0.717, 1.165) is 19.4 Å². The van der Waals surface area contributed by atoms with Gasteiger partial charge in [0.25, 0.3) is 0 Å². The van der Waals surface area contributed by atoms with Crippen molar-refractivity contribution in [2.75, 3.05) is 6.54 Å². The van der Waals surface area contributed by atoms with Crippen LogP contribution in [0, 0.1) is 11.3 Å². The van der Waals surface area contributed by atoms with Crippen molar-refractivity contribution < 1.29 is 8.42 Å². The van der Waals surface area contributed by atoms with E-state index < -0.39 is 10.0 Å². The molecule has 0 aromatic heterocycles. The molecule has 1 aromatic carbocycles. The fourth-order valence-corrected chi connectivity index (χ4v) is 3.75. The summed E-state index contributed by atoms with van der Waals surface area (Å²) in [4.78, 5) is 0.0737. The first-order valence-electron chi connectivity index (χ1n) is 6.38. The SMILES string of the molecule is CC1CC(NS(=O)(=O)c2ccc(Cl)c(C#N)c2)CCN1.Cl. The molecule has 2 unspecified atom stereocenters. The Bertz CT molecular complexity index is 643. The highest BCUT2D eigenvalue weighted by Crippen LogP contribution is 2.20. The standard InChI is InChI=1S/C13H16ClN3O2S.ClH/c1-9-6-11(4-5-16-9)17-20(18,19)12-2-3-13(14)10(7-12)8-15;/h2-3,7,9,11,16-17H,4-6H2,1H3;1H. The number of piperidine rings is 1. The van der Waals surface area contributed by atoms with E-state index in [1.165, 1.54) is 18.2 Å². The summed E-state index contributed by atoms with van der Waals surface area (Å²) in [5, 5.41) is 12.4. The zero-order valence-electron chi connectivity index (χ0n) is 11.5. The van der Waals surface area contributed by atoms with Gasteiger partial charge in [-0.15, -0.1) is 12.4 Å². The maximum Gasteiger partial charge on any atom is 0.240 e. The average molecular weight is 350 g/mol. The van der Waals surface area contributed by atoms with Crippen LogP contribution in [0.4, 0.5) is 0 Å². The third kappa shape index (κ3) is 4.56. The van der Waals surface area contributed by atoms with Crippen LogP contribution in [0.25, 0.3) is 0 Å². The van der Waals surface area contributed by atoms with Gasteiger partial charge in [-0.3, -0.25) is 0 Å². The van der Waals surface area contributed by atoms with Crippen molar-refractivity contribution in [1.82, 2.24) is 10.0 Å². The first kappa shape index (κ1) is 18.2. The summed E-state index contributed by atoms with van der Waals surface area (Å²) in [6.07, 6.45) is 1.50. The number of sulfonamides is 1. The van der Waals surface area contributed by atoms with E-state index in [-0.39, 0.29) is 40.0 Å². The molecule has 116 valence electrons. The summed E-state index contributed by atoms with van der Waals surface area (Å²) < 4.78 is 27.3. The van der Waals surface area contributed by atoms with Gasteiger partial charge in [-0.1, -0.05) is 11.6 Å². The van der Waals surface area contributed by atoms with Crippen LogP contribution in [0.15, 0.2) is 23.1 Å². The number of halogens is 2. The van der Waals surface area contributed by atoms with Gasteiger partial charge in [0.05, 0.1) is 15.5 Å². The number of benzene rings is 1. The van der Waals surface area contributed by atoms with Gasteiger partial charge >= 0.3 is 0 Å². The van der Waals surface area contributed by atoms with Gasteiger partial charge in [-0.2, -0.15) is 5.26 Å². The Kier molecular flexibility index (Phi) is 6.44. The van der Waals surface area contributed by atoms with E-state index in [4.69, 9.17) is 16.9 Å². The van der Waals surface area contributed by atoms with Gasteiger partial charge in [-0.25, -0.2) is 13.1 Å². The van der Waals surface area contributed by atoms with Crippen LogP contribution < -0.4 is 10.0 Å². The normalized spacial score (nSPS) is 22.1. The summed E-state index contributed by atoms with van der Waals surface area (Å²) in [5.41, 5.74) is 0.160. The predicted octanol–water partition coefficient (Wildman–Crippen LogP) is 2.05. The largest absolute Gasteiger partial charge is 0.314 e. The quantitative estimate of drug-likeness (QED) is 0.874. The third-order valence-electron chi connectivity index (χ3n) is 3.31. The highest BCUT2D eigenvalue weighted by molar-refractivity contribution is 7.89. The molecule has 1 saturated heterocycles. The smallest absolute Gasteiger partial charge is 0.240 e. The first-order valence-corrected chi connectivity index (χ1v) is 8.24. The molecule has 0 saturated carbocycles. The Morgan fingerprint density at radius 3 is 2.81 bits per heavy atom. The lowest BCUT2D eigenvalue weighted by atomic mass is 10.0. The van der Waals surface area contributed by atoms with E-state index in [2.05, 4.69) is 10.0 Å². The van der Waals surface area contributed by atoms with Crippen LogP contribution in [-0.4, -0.2) is 27.0 Å². The molecular formula is C13H17Cl2N3O2S. The fraction of sp³-hybridized carbons (Fsp3) is 0.462. The van der Waals surface area contributed by atoms with Crippen LogP contribution in [0.1, 0.15) is 25.3 Å². The summed E-state index contributed by atoms with van der Waals surface area (Å²) in [6, 6.07) is 6.23. The summed E-state index contributed by atoms with van der Waals surface area (Å²) in [5.74, 6) is 0. The zero-order chi connectivity index (χ0) is 14.8. The van der Waals surface area contributed by atoms with Gasteiger partial charge < -0.3 is 5.32 Å². The molecule has 1 aliphatic rings.